The monoisotopic (exact) mass is 663 g/mol. The van der Waals surface area contributed by atoms with Crippen LogP contribution in [0.3, 0.4) is 0 Å². The van der Waals surface area contributed by atoms with Gasteiger partial charge in [-0.15, -0.1) is 0 Å². The summed E-state index contributed by atoms with van der Waals surface area (Å²) >= 11 is 0. The van der Waals surface area contributed by atoms with E-state index in [-0.39, 0.29) is 0 Å². The van der Waals surface area contributed by atoms with E-state index >= 15 is 0 Å². The van der Waals surface area contributed by atoms with Crippen LogP contribution in [-0.2, 0) is 5.41 Å². The average Bonchev–Trinajstić information content (AvgIpc) is 3.85. The highest BCUT2D eigenvalue weighted by Gasteiger charge is 2.51. The number of nitrogens with zero attached hydrogens (tertiary/aromatic N) is 1. The number of ether oxygens (including phenoxy) is 1. The van der Waals surface area contributed by atoms with Gasteiger partial charge in [0.05, 0.1) is 16.4 Å². The molecule has 3 heteroatoms. The van der Waals surface area contributed by atoms with E-state index in [0.717, 1.165) is 50.3 Å². The summed E-state index contributed by atoms with van der Waals surface area (Å²) in [6.07, 6.45) is 0. The Labute approximate surface area is 299 Å². The second kappa shape index (κ2) is 10.1. The van der Waals surface area contributed by atoms with Gasteiger partial charge in [0, 0.05) is 49.5 Å². The molecule has 0 amide bonds. The minimum atomic E-state index is -0.536. The molecule has 0 saturated carbocycles. The summed E-state index contributed by atoms with van der Waals surface area (Å²) in [5.41, 5.74) is 14.4. The number of hydrogen-bond acceptors (Lipinski definition) is 2. The van der Waals surface area contributed by atoms with Crippen LogP contribution in [-0.4, -0.2) is 4.57 Å². The molecule has 1 aliphatic heterocycles. The van der Waals surface area contributed by atoms with Crippen LogP contribution in [0.15, 0.2) is 180 Å². The molecule has 1 spiro atoms. The fourth-order valence-electron chi connectivity index (χ4n) is 9.43. The van der Waals surface area contributed by atoms with Crippen LogP contribution in [0.5, 0.6) is 11.5 Å². The third kappa shape index (κ3) is 3.45. The highest BCUT2D eigenvalue weighted by molar-refractivity contribution is 6.18. The van der Waals surface area contributed by atoms with Crippen molar-refractivity contribution in [3.63, 3.8) is 0 Å². The average molecular weight is 664 g/mol. The minimum Gasteiger partial charge on any atom is -0.457 e. The van der Waals surface area contributed by atoms with E-state index < -0.39 is 5.41 Å². The van der Waals surface area contributed by atoms with Crippen LogP contribution >= 0.6 is 0 Å². The number of para-hydroxylation sites is 5. The maximum Gasteiger partial charge on any atom is 0.143 e. The van der Waals surface area contributed by atoms with Gasteiger partial charge in [-0.3, -0.25) is 0 Å². The molecular weight excluding hydrogens is 635 g/mol. The lowest BCUT2D eigenvalue weighted by molar-refractivity contribution is 0.436. The Bertz CT molecular complexity index is 3060. The Morgan fingerprint density at radius 1 is 0.442 bits per heavy atom. The SMILES string of the molecule is c1ccc(-n2c3ccc(-c4cccc5c4oc4ccccc45)cc3c3ccc4c(c32)-c2ccccc2C42c3ccccc3Oc3ccccc32)cc1. The fourth-order valence-corrected chi connectivity index (χ4v) is 9.43. The summed E-state index contributed by atoms with van der Waals surface area (Å²) < 4.78 is 15.6. The standard InChI is InChI=1S/C49H29NO2/c1-2-13-31(14-3-1)50-42-28-25-30(32-17-12-18-35-33-15-5-9-22-43(33)52-48(32)35)29-37(42)34-26-27-41-46(47(34)50)36-16-4-6-19-38(36)49(41)39-20-7-10-23-44(39)51-45-24-11-8-21-40(45)49/h1-29H. The molecule has 12 rings (SSSR count). The molecule has 0 unspecified atom stereocenters. The molecule has 8 aromatic carbocycles. The van der Waals surface area contributed by atoms with Gasteiger partial charge >= 0.3 is 0 Å². The van der Waals surface area contributed by atoms with E-state index in [0.29, 0.717) is 0 Å². The van der Waals surface area contributed by atoms with Gasteiger partial charge < -0.3 is 13.7 Å². The normalized spacial score (nSPS) is 13.7. The van der Waals surface area contributed by atoms with Gasteiger partial charge in [0.25, 0.3) is 0 Å². The lowest BCUT2D eigenvalue weighted by Crippen LogP contribution is -2.32. The molecule has 2 aromatic heterocycles. The van der Waals surface area contributed by atoms with E-state index in [1.54, 1.807) is 0 Å². The maximum atomic E-state index is 6.61. The Morgan fingerprint density at radius 2 is 1.12 bits per heavy atom. The van der Waals surface area contributed by atoms with Crippen LogP contribution in [0.4, 0.5) is 0 Å². The number of hydrogen-bond donors (Lipinski definition) is 0. The fraction of sp³-hybridized carbons (Fsp3) is 0.0204. The molecular formula is C49H29NO2. The summed E-state index contributed by atoms with van der Waals surface area (Å²) in [6, 6.07) is 63.4. The van der Waals surface area contributed by atoms with E-state index in [9.17, 15) is 0 Å². The van der Waals surface area contributed by atoms with Crippen LogP contribution in [0, 0.1) is 0 Å². The Morgan fingerprint density at radius 3 is 1.94 bits per heavy atom. The first kappa shape index (κ1) is 27.9. The molecule has 10 aromatic rings. The van der Waals surface area contributed by atoms with E-state index in [4.69, 9.17) is 9.15 Å². The molecule has 52 heavy (non-hydrogen) atoms. The molecule has 3 heterocycles. The Kier molecular flexibility index (Phi) is 5.43. The molecule has 2 aliphatic rings. The van der Waals surface area contributed by atoms with Crippen LogP contribution < -0.4 is 4.74 Å². The third-order valence-corrected chi connectivity index (χ3v) is 11.5. The highest BCUT2D eigenvalue weighted by Crippen LogP contribution is 2.63. The van der Waals surface area contributed by atoms with Crippen molar-refractivity contribution in [2.24, 2.45) is 0 Å². The van der Waals surface area contributed by atoms with Crippen molar-refractivity contribution in [1.82, 2.24) is 4.57 Å². The first-order valence-electron chi connectivity index (χ1n) is 17.9. The number of rotatable bonds is 2. The molecule has 0 radical (unpaired) electrons. The largest absolute Gasteiger partial charge is 0.457 e. The number of fused-ring (bicyclic) bond motifs is 16. The predicted molar refractivity (Wildman–Crippen MR) is 211 cm³/mol. The number of furan rings is 1. The molecule has 0 bridgehead atoms. The van der Waals surface area contributed by atoms with Gasteiger partial charge in [-0.05, 0) is 64.7 Å². The summed E-state index contributed by atoms with van der Waals surface area (Å²) in [5.74, 6) is 1.80. The molecule has 0 atom stereocenters. The molecule has 3 nitrogen and oxygen atoms in total. The number of benzene rings is 8. The molecule has 0 fully saturated rings. The van der Waals surface area contributed by atoms with Gasteiger partial charge in [-0.2, -0.15) is 0 Å². The van der Waals surface area contributed by atoms with Crippen molar-refractivity contribution in [3.05, 3.63) is 198 Å². The summed E-state index contributed by atoms with van der Waals surface area (Å²) in [5, 5.41) is 4.70. The quantitative estimate of drug-likeness (QED) is 0.184. The zero-order chi connectivity index (χ0) is 34.0. The van der Waals surface area contributed by atoms with Crippen molar-refractivity contribution in [2.75, 3.05) is 0 Å². The summed E-state index contributed by atoms with van der Waals surface area (Å²) in [6.45, 7) is 0. The van der Waals surface area contributed by atoms with Crippen molar-refractivity contribution in [1.29, 1.82) is 0 Å². The van der Waals surface area contributed by atoms with Crippen molar-refractivity contribution in [2.45, 2.75) is 5.41 Å². The smallest absolute Gasteiger partial charge is 0.143 e. The molecule has 0 saturated heterocycles. The van der Waals surface area contributed by atoms with Gasteiger partial charge in [0.2, 0.25) is 0 Å². The van der Waals surface area contributed by atoms with Crippen LogP contribution in [0.2, 0.25) is 0 Å². The number of aromatic nitrogens is 1. The first-order valence-corrected chi connectivity index (χ1v) is 17.9. The van der Waals surface area contributed by atoms with Crippen molar-refractivity contribution in [3.8, 4) is 39.4 Å². The summed E-state index contributed by atoms with van der Waals surface area (Å²) in [7, 11) is 0. The van der Waals surface area contributed by atoms with E-state index in [1.807, 2.05) is 6.07 Å². The van der Waals surface area contributed by atoms with Crippen LogP contribution in [0.25, 0.3) is 71.7 Å². The first-order chi connectivity index (χ1) is 25.8. The second-order valence-electron chi connectivity index (χ2n) is 14.0. The zero-order valence-corrected chi connectivity index (χ0v) is 28.0. The Hall–Kier alpha value is -6.84. The maximum absolute atomic E-state index is 6.61. The van der Waals surface area contributed by atoms with Gasteiger partial charge in [0.15, 0.2) is 0 Å². The Balaban J connectivity index is 1.22. The van der Waals surface area contributed by atoms with E-state index in [2.05, 4.69) is 174 Å². The van der Waals surface area contributed by atoms with Gasteiger partial charge in [-0.25, -0.2) is 0 Å². The predicted octanol–water partition coefficient (Wildman–Crippen LogP) is 12.8. The minimum absolute atomic E-state index is 0.536. The molecule has 1 aliphatic carbocycles. The second-order valence-corrected chi connectivity index (χ2v) is 14.0. The van der Waals surface area contributed by atoms with Crippen LogP contribution in [0.1, 0.15) is 22.3 Å². The van der Waals surface area contributed by atoms with Gasteiger partial charge in [0.1, 0.15) is 22.7 Å². The lowest BCUT2D eigenvalue weighted by Gasteiger charge is -2.39. The lowest BCUT2D eigenvalue weighted by atomic mass is 9.66. The summed E-state index contributed by atoms with van der Waals surface area (Å²) in [4.78, 5) is 0. The van der Waals surface area contributed by atoms with Gasteiger partial charge in [-0.1, -0.05) is 133 Å². The highest BCUT2D eigenvalue weighted by atomic mass is 16.5. The third-order valence-electron chi connectivity index (χ3n) is 11.5. The zero-order valence-electron chi connectivity index (χ0n) is 28.0. The van der Waals surface area contributed by atoms with Crippen molar-refractivity contribution >= 4 is 43.7 Å². The van der Waals surface area contributed by atoms with Crippen molar-refractivity contribution < 1.29 is 9.15 Å². The molecule has 242 valence electrons. The topological polar surface area (TPSA) is 27.3 Å². The van der Waals surface area contributed by atoms with E-state index in [1.165, 1.54) is 55.2 Å². The molecule has 0 N–H and O–H groups in total.